The number of hydrogen-bond donors (Lipinski definition) is 0. The maximum absolute atomic E-state index is 15.0. The van der Waals surface area contributed by atoms with E-state index in [1.165, 1.54) is 0 Å². The Balaban J connectivity index is 2.01. The van der Waals surface area contributed by atoms with Gasteiger partial charge in [-0.2, -0.15) is 0 Å². The molecule has 0 N–H and O–H groups in total. The molecule has 5 heteroatoms. The van der Waals surface area contributed by atoms with Crippen LogP contribution in [0.4, 0.5) is 9.18 Å². The average molecular weight is 314 g/mol. The van der Waals surface area contributed by atoms with Crippen molar-refractivity contribution in [2.75, 3.05) is 13.1 Å². The third-order valence-corrected chi connectivity index (χ3v) is 3.78. The topological polar surface area (TPSA) is 29.5 Å². The zero-order chi connectivity index (χ0) is 15.7. The molecule has 1 fully saturated rings. The molecule has 1 heterocycles. The van der Waals surface area contributed by atoms with Crippen LogP contribution in [0.1, 0.15) is 39.2 Å². The van der Waals surface area contributed by atoms with Gasteiger partial charge in [0.25, 0.3) is 0 Å². The predicted octanol–water partition coefficient (Wildman–Crippen LogP) is 4.54. The van der Waals surface area contributed by atoms with Gasteiger partial charge in [-0.15, -0.1) is 0 Å². The van der Waals surface area contributed by atoms with Crippen molar-refractivity contribution < 1.29 is 13.9 Å². The van der Waals surface area contributed by atoms with Crippen LogP contribution in [0.2, 0.25) is 5.02 Å². The summed E-state index contributed by atoms with van der Waals surface area (Å²) < 4.78 is 20.3. The van der Waals surface area contributed by atoms with Gasteiger partial charge < -0.3 is 9.64 Å². The van der Waals surface area contributed by atoms with Gasteiger partial charge in [0.2, 0.25) is 0 Å². The zero-order valence-electron chi connectivity index (χ0n) is 12.7. The van der Waals surface area contributed by atoms with Crippen LogP contribution in [-0.4, -0.2) is 29.7 Å². The number of piperidine rings is 1. The van der Waals surface area contributed by atoms with Crippen molar-refractivity contribution in [3.8, 4) is 0 Å². The fraction of sp³-hybridized carbons (Fsp3) is 0.562. The van der Waals surface area contributed by atoms with Gasteiger partial charge in [0.15, 0.2) is 0 Å². The van der Waals surface area contributed by atoms with E-state index in [0.29, 0.717) is 23.7 Å². The molecule has 1 aromatic carbocycles. The smallest absolute Gasteiger partial charge is 0.410 e. The fourth-order valence-electron chi connectivity index (χ4n) is 2.43. The van der Waals surface area contributed by atoms with E-state index >= 15 is 4.39 Å². The fourth-order valence-corrected chi connectivity index (χ4v) is 2.62. The Labute approximate surface area is 130 Å². The van der Waals surface area contributed by atoms with Crippen molar-refractivity contribution >= 4 is 17.7 Å². The molecular weight excluding hydrogens is 293 g/mol. The molecule has 1 saturated heterocycles. The normalized spacial score (nSPS) is 18.4. The second kappa shape index (κ2) is 5.84. The van der Waals surface area contributed by atoms with E-state index in [0.717, 1.165) is 0 Å². The number of halogens is 2. The number of carbonyl (C=O) groups excluding carboxylic acids is 1. The summed E-state index contributed by atoms with van der Waals surface area (Å²) in [5, 5.41) is 0.527. The molecule has 0 aliphatic carbocycles. The summed E-state index contributed by atoms with van der Waals surface area (Å²) in [5.41, 5.74) is -1.38. The third kappa shape index (κ3) is 4.10. The van der Waals surface area contributed by atoms with Gasteiger partial charge in [0.1, 0.15) is 11.3 Å². The number of benzene rings is 1. The second-order valence-electron chi connectivity index (χ2n) is 6.44. The maximum Gasteiger partial charge on any atom is 0.410 e. The standard InChI is InChI=1S/C16H21ClFNO2/c1-15(2,3)21-14(20)19-9-7-16(18,8-10-19)12-5-4-6-13(17)11-12/h4-6,11H,7-10H2,1-3H3. The number of amides is 1. The monoisotopic (exact) mass is 313 g/mol. The SMILES string of the molecule is CC(C)(C)OC(=O)N1CCC(F)(c2cccc(Cl)c2)CC1. The minimum Gasteiger partial charge on any atom is -0.444 e. The van der Waals surface area contributed by atoms with Crippen molar-refractivity contribution in [3.63, 3.8) is 0 Å². The molecule has 1 amide bonds. The first-order valence-electron chi connectivity index (χ1n) is 7.12. The molecule has 0 unspecified atom stereocenters. The van der Waals surface area contributed by atoms with Crippen molar-refractivity contribution in [2.45, 2.75) is 44.9 Å². The van der Waals surface area contributed by atoms with E-state index in [2.05, 4.69) is 0 Å². The number of carbonyl (C=O) groups is 1. The Morgan fingerprint density at radius 1 is 1.33 bits per heavy atom. The van der Waals surface area contributed by atoms with Crippen LogP contribution >= 0.6 is 11.6 Å². The van der Waals surface area contributed by atoms with E-state index in [-0.39, 0.29) is 18.9 Å². The van der Waals surface area contributed by atoms with Crippen LogP contribution in [0, 0.1) is 0 Å². The minimum atomic E-state index is -1.43. The van der Waals surface area contributed by atoms with E-state index in [1.807, 2.05) is 20.8 Å². The van der Waals surface area contributed by atoms with E-state index in [9.17, 15) is 4.79 Å². The zero-order valence-corrected chi connectivity index (χ0v) is 13.4. The lowest BCUT2D eigenvalue weighted by Gasteiger charge is -2.37. The first-order chi connectivity index (χ1) is 9.70. The summed E-state index contributed by atoms with van der Waals surface area (Å²) in [4.78, 5) is 13.5. The molecule has 21 heavy (non-hydrogen) atoms. The summed E-state index contributed by atoms with van der Waals surface area (Å²) in [7, 11) is 0. The summed E-state index contributed by atoms with van der Waals surface area (Å²) in [6.45, 7) is 6.15. The quantitative estimate of drug-likeness (QED) is 0.762. The summed E-state index contributed by atoms with van der Waals surface area (Å²) in [6, 6.07) is 6.88. The molecule has 1 aromatic rings. The molecule has 2 rings (SSSR count). The van der Waals surface area contributed by atoms with Gasteiger partial charge in [-0.3, -0.25) is 0 Å². The van der Waals surface area contributed by atoms with Gasteiger partial charge in [-0.25, -0.2) is 9.18 Å². The van der Waals surface area contributed by atoms with Crippen LogP contribution in [0.5, 0.6) is 0 Å². The molecule has 1 aliphatic rings. The van der Waals surface area contributed by atoms with Crippen molar-refractivity contribution in [1.82, 2.24) is 4.90 Å². The number of rotatable bonds is 1. The molecule has 0 radical (unpaired) electrons. The first-order valence-corrected chi connectivity index (χ1v) is 7.50. The Hall–Kier alpha value is -1.29. The molecule has 0 bridgehead atoms. The number of alkyl halides is 1. The highest BCUT2D eigenvalue weighted by atomic mass is 35.5. The Bertz CT molecular complexity index is 519. The Morgan fingerprint density at radius 2 is 1.95 bits per heavy atom. The maximum atomic E-state index is 15.0. The molecular formula is C16H21ClFNO2. The van der Waals surface area contributed by atoms with Crippen LogP contribution in [0.3, 0.4) is 0 Å². The molecule has 3 nitrogen and oxygen atoms in total. The number of hydrogen-bond acceptors (Lipinski definition) is 2. The predicted molar refractivity (Wildman–Crippen MR) is 81.3 cm³/mol. The van der Waals surface area contributed by atoms with Crippen LogP contribution in [0.15, 0.2) is 24.3 Å². The summed E-state index contributed by atoms with van der Waals surface area (Å²) >= 11 is 5.93. The van der Waals surface area contributed by atoms with Crippen LogP contribution in [0.25, 0.3) is 0 Å². The molecule has 116 valence electrons. The lowest BCUT2D eigenvalue weighted by Crippen LogP contribution is -2.45. The largest absolute Gasteiger partial charge is 0.444 e. The molecule has 0 spiro atoms. The van der Waals surface area contributed by atoms with Gasteiger partial charge in [-0.05, 0) is 38.5 Å². The van der Waals surface area contributed by atoms with Gasteiger partial charge >= 0.3 is 6.09 Å². The van der Waals surface area contributed by atoms with Crippen molar-refractivity contribution in [1.29, 1.82) is 0 Å². The highest BCUT2D eigenvalue weighted by molar-refractivity contribution is 6.30. The van der Waals surface area contributed by atoms with Crippen LogP contribution < -0.4 is 0 Å². The lowest BCUT2D eigenvalue weighted by atomic mass is 9.86. The van der Waals surface area contributed by atoms with Crippen molar-refractivity contribution in [3.05, 3.63) is 34.9 Å². The van der Waals surface area contributed by atoms with Gasteiger partial charge in [0.05, 0.1) is 0 Å². The molecule has 0 aromatic heterocycles. The summed E-state index contributed by atoms with van der Waals surface area (Å²) in [6.07, 6.45) is 0.134. The lowest BCUT2D eigenvalue weighted by molar-refractivity contribution is 0.00220. The molecule has 1 aliphatic heterocycles. The number of nitrogens with zero attached hydrogens (tertiary/aromatic N) is 1. The van der Waals surface area contributed by atoms with E-state index in [4.69, 9.17) is 16.3 Å². The van der Waals surface area contributed by atoms with Crippen LogP contribution in [-0.2, 0) is 10.4 Å². The van der Waals surface area contributed by atoms with Gasteiger partial charge in [-0.1, -0.05) is 23.7 Å². The van der Waals surface area contributed by atoms with Crippen molar-refractivity contribution in [2.24, 2.45) is 0 Å². The van der Waals surface area contributed by atoms with E-state index < -0.39 is 11.3 Å². The summed E-state index contributed by atoms with van der Waals surface area (Å²) in [5.74, 6) is 0. The number of likely N-dealkylation sites (tertiary alicyclic amines) is 1. The molecule has 0 atom stereocenters. The second-order valence-corrected chi connectivity index (χ2v) is 6.88. The van der Waals surface area contributed by atoms with Gasteiger partial charge in [0, 0.05) is 31.0 Å². The Kier molecular flexibility index (Phi) is 4.47. The highest BCUT2D eigenvalue weighted by Crippen LogP contribution is 2.38. The first kappa shape index (κ1) is 16.1. The average Bonchev–Trinajstić information content (AvgIpc) is 2.37. The number of ether oxygens (including phenoxy) is 1. The molecule has 0 saturated carbocycles. The van der Waals surface area contributed by atoms with E-state index in [1.54, 1.807) is 29.2 Å². The third-order valence-electron chi connectivity index (χ3n) is 3.55. The Morgan fingerprint density at radius 3 is 2.48 bits per heavy atom. The minimum absolute atomic E-state index is 0.257. The highest BCUT2D eigenvalue weighted by Gasteiger charge is 2.38.